The van der Waals surface area contributed by atoms with Crippen molar-refractivity contribution in [2.45, 2.75) is 0 Å². The van der Waals surface area contributed by atoms with Crippen LogP contribution in [0.4, 0.5) is 9.18 Å². The van der Waals surface area contributed by atoms with Crippen LogP contribution in [0.5, 0.6) is 0 Å². The first-order chi connectivity index (χ1) is 4.04. The molecule has 0 radical (unpaired) electrons. The molecule has 0 heterocycles. The monoisotopic (exact) mass is 135 g/mol. The SMILES string of the molecule is CN(CC(=O)O)C(=O)F. The fourth-order valence-electron chi connectivity index (χ4n) is 0.265. The normalized spacial score (nSPS) is 8.67. The summed E-state index contributed by atoms with van der Waals surface area (Å²) < 4.78 is 11.5. The number of nitrogens with zero attached hydrogens (tertiary/aromatic N) is 1. The molecule has 0 unspecified atom stereocenters. The number of rotatable bonds is 2. The van der Waals surface area contributed by atoms with Gasteiger partial charge in [-0.15, -0.1) is 4.39 Å². The number of carboxylic acid groups (broad SMARTS) is 1. The third kappa shape index (κ3) is 3.45. The lowest BCUT2D eigenvalue weighted by Gasteiger charge is -2.06. The molecule has 4 nitrogen and oxygen atoms in total. The van der Waals surface area contributed by atoms with E-state index in [2.05, 4.69) is 0 Å². The molecule has 52 valence electrons. The van der Waals surface area contributed by atoms with Gasteiger partial charge in [-0.05, 0) is 0 Å². The summed E-state index contributed by atoms with van der Waals surface area (Å²) in [6.45, 7) is -0.602. The minimum atomic E-state index is -1.74. The van der Waals surface area contributed by atoms with Crippen LogP contribution >= 0.6 is 0 Å². The molecule has 0 aliphatic heterocycles. The molecule has 0 aromatic rings. The van der Waals surface area contributed by atoms with Crippen LogP contribution in [0.1, 0.15) is 0 Å². The van der Waals surface area contributed by atoms with Gasteiger partial charge in [-0.25, -0.2) is 4.79 Å². The van der Waals surface area contributed by atoms with Gasteiger partial charge in [0.05, 0.1) is 0 Å². The van der Waals surface area contributed by atoms with E-state index in [9.17, 15) is 14.0 Å². The Morgan fingerprint density at radius 2 is 2.11 bits per heavy atom. The fraction of sp³-hybridized carbons (Fsp3) is 0.500. The molecule has 0 aliphatic rings. The summed E-state index contributed by atoms with van der Waals surface area (Å²) in [6.07, 6.45) is -1.74. The molecular weight excluding hydrogens is 129 g/mol. The number of carbonyl (C=O) groups excluding carboxylic acids is 1. The van der Waals surface area contributed by atoms with Gasteiger partial charge in [0.1, 0.15) is 6.54 Å². The maximum atomic E-state index is 11.5. The molecule has 0 aromatic carbocycles. The van der Waals surface area contributed by atoms with Crippen molar-refractivity contribution in [1.29, 1.82) is 0 Å². The van der Waals surface area contributed by atoms with Gasteiger partial charge >= 0.3 is 12.1 Å². The van der Waals surface area contributed by atoms with Crippen LogP contribution in [-0.4, -0.2) is 35.7 Å². The lowest BCUT2D eigenvalue weighted by molar-refractivity contribution is -0.137. The number of carboxylic acids is 1. The van der Waals surface area contributed by atoms with Gasteiger partial charge in [0.2, 0.25) is 0 Å². The van der Waals surface area contributed by atoms with Crippen molar-refractivity contribution >= 4 is 12.1 Å². The van der Waals surface area contributed by atoms with Crippen LogP contribution < -0.4 is 0 Å². The largest absolute Gasteiger partial charge is 0.480 e. The number of carbonyl (C=O) groups is 2. The first-order valence-electron chi connectivity index (χ1n) is 2.16. The molecule has 0 bridgehead atoms. The smallest absolute Gasteiger partial charge is 0.400 e. The summed E-state index contributed by atoms with van der Waals surface area (Å²) in [7, 11) is 1.07. The molecule has 0 saturated heterocycles. The molecular formula is C4H6FNO3. The van der Waals surface area contributed by atoms with Crippen LogP contribution in [0, 0.1) is 0 Å². The minimum absolute atomic E-state index is 0.461. The van der Waals surface area contributed by atoms with E-state index in [1.165, 1.54) is 0 Å². The van der Waals surface area contributed by atoms with Crippen molar-refractivity contribution in [3.63, 3.8) is 0 Å². The average Bonchev–Trinajstić information content (AvgIpc) is 1.63. The summed E-state index contributed by atoms with van der Waals surface area (Å²) >= 11 is 0. The van der Waals surface area contributed by atoms with E-state index in [0.717, 1.165) is 7.05 Å². The lowest BCUT2D eigenvalue weighted by atomic mass is 10.6. The van der Waals surface area contributed by atoms with Crippen molar-refractivity contribution in [3.8, 4) is 0 Å². The van der Waals surface area contributed by atoms with Crippen LogP contribution in [0.25, 0.3) is 0 Å². The summed E-state index contributed by atoms with van der Waals surface area (Å²) in [5.74, 6) is -1.23. The Labute approximate surface area is 50.9 Å². The van der Waals surface area contributed by atoms with Crippen molar-refractivity contribution in [3.05, 3.63) is 0 Å². The van der Waals surface area contributed by atoms with E-state index >= 15 is 0 Å². The lowest BCUT2D eigenvalue weighted by Crippen LogP contribution is -2.27. The molecule has 0 spiro atoms. The van der Waals surface area contributed by atoms with E-state index < -0.39 is 18.7 Å². The Morgan fingerprint density at radius 1 is 1.67 bits per heavy atom. The maximum Gasteiger partial charge on any atom is 0.400 e. The topological polar surface area (TPSA) is 57.6 Å². The van der Waals surface area contributed by atoms with Gasteiger partial charge in [0.15, 0.2) is 0 Å². The number of likely N-dealkylation sites (N-methyl/N-ethyl adjacent to an activating group) is 1. The summed E-state index contributed by atoms with van der Waals surface area (Å²) in [5.41, 5.74) is 0. The Kier molecular flexibility index (Phi) is 2.63. The first kappa shape index (κ1) is 7.87. The maximum absolute atomic E-state index is 11.5. The summed E-state index contributed by atoms with van der Waals surface area (Å²) in [4.78, 5) is 19.9. The van der Waals surface area contributed by atoms with Crippen molar-refractivity contribution in [2.24, 2.45) is 0 Å². The zero-order valence-electron chi connectivity index (χ0n) is 4.80. The number of hydrogen-bond donors (Lipinski definition) is 1. The molecule has 1 N–H and O–H groups in total. The molecule has 0 rings (SSSR count). The van der Waals surface area contributed by atoms with Crippen LogP contribution in [0.2, 0.25) is 0 Å². The van der Waals surface area contributed by atoms with Gasteiger partial charge in [-0.3, -0.25) is 4.79 Å². The predicted octanol–water partition coefficient (Wildman–Crippen LogP) is 0.0923. The second-order valence-corrected chi connectivity index (χ2v) is 1.50. The standard InChI is InChI=1S/C4H6FNO3/c1-6(4(5)9)2-3(7)8/h2H2,1H3,(H,7,8). The van der Waals surface area contributed by atoms with Crippen molar-refractivity contribution in [1.82, 2.24) is 4.90 Å². The van der Waals surface area contributed by atoms with Gasteiger partial charge in [-0.1, -0.05) is 0 Å². The Morgan fingerprint density at radius 3 is 2.22 bits per heavy atom. The van der Waals surface area contributed by atoms with Crippen LogP contribution in [0.3, 0.4) is 0 Å². The van der Waals surface area contributed by atoms with Crippen LogP contribution in [-0.2, 0) is 4.79 Å². The van der Waals surface area contributed by atoms with E-state index in [4.69, 9.17) is 5.11 Å². The molecule has 0 atom stereocenters. The fourth-order valence-corrected chi connectivity index (χ4v) is 0.265. The van der Waals surface area contributed by atoms with Gasteiger partial charge in [-0.2, -0.15) is 0 Å². The highest BCUT2D eigenvalue weighted by molar-refractivity contribution is 5.75. The summed E-state index contributed by atoms with van der Waals surface area (Å²) in [6, 6.07) is 0. The Balaban J connectivity index is 3.63. The first-order valence-corrected chi connectivity index (χ1v) is 2.16. The predicted molar refractivity (Wildman–Crippen MR) is 26.8 cm³/mol. The third-order valence-corrected chi connectivity index (χ3v) is 0.673. The van der Waals surface area contributed by atoms with E-state index in [1.807, 2.05) is 0 Å². The quantitative estimate of drug-likeness (QED) is 0.431. The van der Waals surface area contributed by atoms with Gasteiger partial charge < -0.3 is 10.0 Å². The van der Waals surface area contributed by atoms with Gasteiger partial charge in [0, 0.05) is 7.05 Å². The Bertz CT molecular complexity index is 136. The van der Waals surface area contributed by atoms with Gasteiger partial charge in [0.25, 0.3) is 0 Å². The van der Waals surface area contributed by atoms with E-state index in [0.29, 0.717) is 4.90 Å². The second-order valence-electron chi connectivity index (χ2n) is 1.50. The van der Waals surface area contributed by atoms with E-state index in [-0.39, 0.29) is 0 Å². The highest BCUT2D eigenvalue weighted by atomic mass is 19.1. The molecule has 1 amide bonds. The Hall–Kier alpha value is -1.13. The minimum Gasteiger partial charge on any atom is -0.480 e. The zero-order valence-corrected chi connectivity index (χ0v) is 4.80. The highest BCUT2D eigenvalue weighted by Gasteiger charge is 2.08. The molecule has 0 aromatic heterocycles. The van der Waals surface area contributed by atoms with E-state index in [1.54, 1.807) is 0 Å². The zero-order chi connectivity index (χ0) is 7.44. The molecule has 5 heteroatoms. The number of hydrogen-bond acceptors (Lipinski definition) is 2. The third-order valence-electron chi connectivity index (χ3n) is 0.673. The average molecular weight is 135 g/mol. The number of amides is 1. The molecule has 9 heavy (non-hydrogen) atoms. The highest BCUT2D eigenvalue weighted by Crippen LogP contribution is 1.86. The second kappa shape index (κ2) is 3.01. The van der Waals surface area contributed by atoms with Crippen LogP contribution in [0.15, 0.2) is 0 Å². The number of aliphatic carboxylic acids is 1. The molecule has 0 saturated carbocycles. The summed E-state index contributed by atoms with van der Waals surface area (Å²) in [5, 5.41) is 7.97. The number of halogens is 1. The van der Waals surface area contributed by atoms with Crippen molar-refractivity contribution < 1.29 is 19.1 Å². The van der Waals surface area contributed by atoms with Crippen molar-refractivity contribution in [2.75, 3.05) is 13.6 Å². The molecule has 0 aliphatic carbocycles. The molecule has 0 fully saturated rings.